The van der Waals surface area contributed by atoms with Crippen LogP contribution in [0.5, 0.6) is 0 Å². The Bertz CT molecular complexity index is 2370. The molecule has 0 N–H and O–H groups in total. The summed E-state index contributed by atoms with van der Waals surface area (Å²) in [7, 11) is 0. The van der Waals surface area contributed by atoms with Crippen molar-refractivity contribution in [2.24, 2.45) is 0 Å². The molecule has 2 atom stereocenters. The van der Waals surface area contributed by atoms with Crippen molar-refractivity contribution in [1.82, 2.24) is 0 Å². The second-order valence-electron chi connectivity index (χ2n) is 13.5. The van der Waals surface area contributed by atoms with Crippen molar-refractivity contribution in [2.75, 3.05) is 0 Å². The molecule has 7 aliphatic rings. The second kappa shape index (κ2) is 6.59. The van der Waals surface area contributed by atoms with Crippen molar-refractivity contribution in [3.63, 3.8) is 0 Å². The van der Waals surface area contributed by atoms with Gasteiger partial charge >= 0.3 is 5.66 Å². The van der Waals surface area contributed by atoms with Gasteiger partial charge < -0.3 is 0 Å². The number of rotatable bonds is 0. The van der Waals surface area contributed by atoms with E-state index in [0.29, 0.717) is 0 Å². The van der Waals surface area contributed by atoms with Gasteiger partial charge in [-0.25, -0.2) is 0 Å². The van der Waals surface area contributed by atoms with E-state index in [4.69, 9.17) is 0 Å². The summed E-state index contributed by atoms with van der Waals surface area (Å²) in [5.41, 5.74) is 25.6. The Morgan fingerprint density at radius 3 is 1.36 bits per heavy atom. The third-order valence-corrected chi connectivity index (χ3v) is 12.0. The molecule has 0 aromatic heterocycles. The van der Waals surface area contributed by atoms with Crippen LogP contribution in [0.1, 0.15) is 67.5 Å². The summed E-state index contributed by atoms with van der Waals surface area (Å²) in [6, 6.07) is 46.7. The Hall–Kier alpha value is -5.34. The summed E-state index contributed by atoms with van der Waals surface area (Å²) in [5, 5.41) is 0. The number of hydrogen-bond acceptors (Lipinski definition) is 0. The van der Waals surface area contributed by atoms with E-state index in [1.165, 1.54) is 101 Å². The minimum absolute atomic E-state index is 0.233. The summed E-state index contributed by atoms with van der Waals surface area (Å²) in [6.45, 7) is 0. The fourth-order valence-electron chi connectivity index (χ4n) is 10.8. The van der Waals surface area contributed by atoms with Gasteiger partial charge in [0.05, 0.1) is 11.1 Å². The van der Waals surface area contributed by atoms with Gasteiger partial charge in [-0.3, -0.25) is 0 Å². The molecule has 6 aromatic rings. The van der Waals surface area contributed by atoms with Gasteiger partial charge in [-0.1, -0.05) is 109 Å². The van der Waals surface area contributed by atoms with Gasteiger partial charge in [0.2, 0.25) is 22.8 Å². The first-order valence-electron chi connectivity index (χ1n) is 15.9. The summed E-state index contributed by atoms with van der Waals surface area (Å²) in [4.78, 5) is 0. The largest absolute Gasteiger partial charge is 0.418 e. The van der Waals surface area contributed by atoms with E-state index in [2.05, 4.69) is 130 Å². The molecule has 0 bridgehead atoms. The lowest BCUT2D eigenvalue weighted by molar-refractivity contribution is -0.754. The Morgan fingerprint density at radius 2 is 0.864 bits per heavy atom. The average Bonchev–Trinajstić information content (AvgIpc) is 3.79. The normalized spacial score (nSPS) is 23.3. The maximum Gasteiger partial charge on any atom is 0.418 e. The minimum Gasteiger partial charge on any atom is -0.121 e. The van der Waals surface area contributed by atoms with Gasteiger partial charge in [-0.2, -0.15) is 0 Å². The highest BCUT2D eigenvalue weighted by molar-refractivity contribution is 6.21. The highest BCUT2D eigenvalue weighted by atomic mass is 15.4. The first-order valence-corrected chi connectivity index (χ1v) is 15.9. The lowest BCUT2D eigenvalue weighted by Gasteiger charge is -2.31. The third-order valence-electron chi connectivity index (χ3n) is 12.0. The van der Waals surface area contributed by atoms with Crippen molar-refractivity contribution >= 4 is 22.8 Å². The first-order chi connectivity index (χ1) is 21.9. The Kier molecular flexibility index (Phi) is 3.20. The van der Waals surface area contributed by atoms with Crippen LogP contribution in [0, 0.1) is 0 Å². The molecule has 6 aromatic carbocycles. The van der Waals surface area contributed by atoms with Gasteiger partial charge in [0.25, 0.3) is 0 Å². The summed E-state index contributed by atoms with van der Waals surface area (Å²) in [6.07, 6.45) is 0.983. The third kappa shape index (κ3) is 1.90. The topological polar surface area (TPSA) is 6.02 Å². The molecule has 0 amide bonds. The number of fused-ring (bicyclic) bond motifs is 12. The molecule has 4 heterocycles. The average molecular weight is 557 g/mol. The summed E-state index contributed by atoms with van der Waals surface area (Å²) in [5.74, 6) is 0.466. The molecule has 1 spiro atoms. The zero-order chi connectivity index (χ0) is 28.1. The van der Waals surface area contributed by atoms with E-state index in [0.717, 1.165) is 6.42 Å². The van der Waals surface area contributed by atoms with Crippen LogP contribution in [-0.4, -0.2) is 20.6 Å². The number of para-hydroxylation sites is 2. The van der Waals surface area contributed by atoms with E-state index in [9.17, 15) is 0 Å². The van der Waals surface area contributed by atoms with Crippen LogP contribution in [0.4, 0.5) is 11.4 Å². The van der Waals surface area contributed by atoms with Crippen molar-refractivity contribution < 1.29 is 9.15 Å². The SMILES string of the molecule is c1ccc2c(c1)-c1ccc3c4c1C1=[N+](c5ccccc5C12)C41c2c(ccc4c2C2=[N+]1c1ccccc1C2c1ccccc1-4)C3. The number of hydrogen-bond donors (Lipinski definition) is 0. The Morgan fingerprint density at radius 1 is 0.432 bits per heavy atom. The smallest absolute Gasteiger partial charge is 0.121 e. The molecule has 0 saturated carbocycles. The quantitative estimate of drug-likeness (QED) is 0.166. The molecule has 4 aliphatic heterocycles. The van der Waals surface area contributed by atoms with Crippen molar-refractivity contribution in [1.29, 1.82) is 0 Å². The maximum atomic E-state index is 2.83. The van der Waals surface area contributed by atoms with Crippen LogP contribution in [0.25, 0.3) is 22.3 Å². The fraction of sp³-hybridized carbons (Fsp3) is 0.0952. The monoisotopic (exact) mass is 556 g/mol. The van der Waals surface area contributed by atoms with Gasteiger partial charge in [0.1, 0.15) is 23.0 Å². The van der Waals surface area contributed by atoms with E-state index < -0.39 is 5.66 Å². The van der Waals surface area contributed by atoms with E-state index in [-0.39, 0.29) is 11.8 Å². The molecule has 2 nitrogen and oxygen atoms in total. The van der Waals surface area contributed by atoms with Gasteiger partial charge in [-0.05, 0) is 50.9 Å². The Balaban J connectivity index is 1.31. The van der Waals surface area contributed by atoms with Crippen LogP contribution < -0.4 is 0 Å². The van der Waals surface area contributed by atoms with Crippen LogP contribution >= 0.6 is 0 Å². The van der Waals surface area contributed by atoms with E-state index in [1.54, 1.807) is 0 Å². The predicted molar refractivity (Wildman–Crippen MR) is 172 cm³/mol. The molecular weight excluding hydrogens is 532 g/mol. The molecule has 44 heavy (non-hydrogen) atoms. The number of benzene rings is 6. The Labute approximate surface area is 254 Å². The van der Waals surface area contributed by atoms with Crippen LogP contribution in [0.2, 0.25) is 0 Å². The van der Waals surface area contributed by atoms with Crippen molar-refractivity contribution in [3.8, 4) is 22.3 Å². The van der Waals surface area contributed by atoms with E-state index >= 15 is 0 Å². The molecule has 13 rings (SSSR count). The zero-order valence-corrected chi connectivity index (χ0v) is 23.8. The maximum absolute atomic E-state index is 2.83. The fourth-order valence-corrected chi connectivity index (χ4v) is 10.8. The molecule has 0 saturated heterocycles. The minimum atomic E-state index is -0.454. The standard InChI is InChI=1S/C42H24N2/c1-3-11-26-24(9-1)28-19-17-22-21-23-18-20-29-25-10-2-4-12-27(25)35-31-14-6-8-16-33(31)44-41(35)37(29)39(23)42(44)38(22)36(28)40-34(26)30-13-5-7-15-32(30)43(40)42/h1-20,34-35H,21H2/q+2. The lowest BCUT2D eigenvalue weighted by atomic mass is 9.67. The highest BCUT2D eigenvalue weighted by Crippen LogP contribution is 2.68. The van der Waals surface area contributed by atoms with Gasteiger partial charge in [0.15, 0.2) is 0 Å². The summed E-state index contributed by atoms with van der Waals surface area (Å²) < 4.78 is 5.65. The van der Waals surface area contributed by atoms with Gasteiger partial charge in [0, 0.05) is 23.3 Å². The van der Waals surface area contributed by atoms with E-state index in [1.807, 2.05) is 0 Å². The molecule has 0 fully saturated rings. The zero-order valence-electron chi connectivity index (χ0n) is 23.8. The van der Waals surface area contributed by atoms with Crippen molar-refractivity contribution in [2.45, 2.75) is 23.9 Å². The van der Waals surface area contributed by atoms with Crippen LogP contribution in [-0.2, 0) is 12.1 Å². The highest BCUT2D eigenvalue weighted by Gasteiger charge is 2.78. The summed E-state index contributed by atoms with van der Waals surface area (Å²) >= 11 is 0. The first kappa shape index (κ1) is 21.4. The van der Waals surface area contributed by atoms with Crippen LogP contribution in [0.3, 0.4) is 0 Å². The molecule has 2 unspecified atom stereocenters. The molecule has 2 heteroatoms. The van der Waals surface area contributed by atoms with Crippen LogP contribution in [0.15, 0.2) is 121 Å². The number of nitrogens with zero attached hydrogens (tertiary/aromatic N) is 2. The molecule has 3 aliphatic carbocycles. The molecule has 200 valence electrons. The van der Waals surface area contributed by atoms with Crippen molar-refractivity contribution in [3.05, 3.63) is 177 Å². The predicted octanol–water partition coefficient (Wildman–Crippen LogP) is 8.34. The molecular formula is C42H24N2+2. The van der Waals surface area contributed by atoms with Gasteiger partial charge in [-0.15, -0.1) is 9.15 Å². The molecule has 0 radical (unpaired) electrons. The lowest BCUT2D eigenvalue weighted by Crippen LogP contribution is -2.45. The second-order valence-corrected chi connectivity index (χ2v) is 13.5.